The van der Waals surface area contributed by atoms with Crippen LogP contribution in [0, 0.1) is 10.8 Å². The summed E-state index contributed by atoms with van der Waals surface area (Å²) in [6.07, 6.45) is 12.5. The number of nitrogens with zero attached hydrogens (tertiary/aromatic N) is 9. The Labute approximate surface area is 390 Å². The number of piperidine rings is 2. The predicted molar refractivity (Wildman–Crippen MR) is 255 cm³/mol. The Morgan fingerprint density at radius 2 is 1.10 bits per heavy atom. The molecule has 2 aromatic heterocycles. The van der Waals surface area contributed by atoms with Crippen molar-refractivity contribution in [3.8, 4) is 0 Å². The number of aromatic nitrogens is 4. The second-order valence-electron chi connectivity index (χ2n) is 16.7. The quantitative estimate of drug-likeness (QED) is 0.150. The van der Waals surface area contributed by atoms with Gasteiger partial charge in [-0.2, -0.15) is 19.6 Å². The maximum Gasteiger partial charge on any atom is 0.344 e. The van der Waals surface area contributed by atoms with Crippen molar-refractivity contribution in [1.29, 1.82) is 0 Å². The van der Waals surface area contributed by atoms with Crippen molar-refractivity contribution in [2.24, 2.45) is 10.8 Å². The summed E-state index contributed by atoms with van der Waals surface area (Å²) in [4.78, 5) is 60.4. The first-order valence-electron chi connectivity index (χ1n) is 20.8. The van der Waals surface area contributed by atoms with E-state index in [1.807, 2.05) is 51.1 Å². The lowest BCUT2D eigenvalue weighted by Crippen LogP contribution is -2.45. The molecule has 336 valence electrons. The molecule has 14 nitrogen and oxygen atoms in total. The van der Waals surface area contributed by atoms with Crippen LogP contribution in [0.5, 0.6) is 0 Å². The number of anilines is 2. The number of carbonyl (C=O) groups excluding carboxylic acids is 4. The number of halogens is 3. The van der Waals surface area contributed by atoms with Crippen molar-refractivity contribution in [3.63, 3.8) is 0 Å². The van der Waals surface area contributed by atoms with Gasteiger partial charge in [-0.25, -0.2) is 9.59 Å². The van der Waals surface area contributed by atoms with Gasteiger partial charge >= 0.3 is 12.1 Å². The van der Waals surface area contributed by atoms with Crippen LogP contribution in [0.1, 0.15) is 70.9 Å². The summed E-state index contributed by atoms with van der Waals surface area (Å²) < 4.78 is 2.65. The molecule has 62 heavy (non-hydrogen) atoms. The maximum atomic E-state index is 12.8. The lowest BCUT2D eigenvalue weighted by atomic mass is 9.78. The molecule has 6 heterocycles. The van der Waals surface area contributed by atoms with E-state index in [1.54, 1.807) is 25.6 Å². The molecule has 2 aromatic carbocycles. The van der Waals surface area contributed by atoms with E-state index in [0.717, 1.165) is 114 Å². The second kappa shape index (κ2) is 22.0. The highest BCUT2D eigenvalue weighted by atomic mass is 127. The molecule has 4 aliphatic rings. The molecule has 4 aliphatic heterocycles. The normalized spacial score (nSPS) is 18.0. The molecule has 2 spiro atoms. The van der Waals surface area contributed by atoms with Gasteiger partial charge in [0.25, 0.3) is 0 Å². The van der Waals surface area contributed by atoms with Gasteiger partial charge in [-0.15, -0.1) is 0 Å². The smallest absolute Gasteiger partial charge is 0.324 e. The molecule has 0 saturated carbocycles. The number of hydrogen-bond donors (Lipinski definition) is 1. The Morgan fingerprint density at radius 3 is 1.53 bits per heavy atom. The Balaban J connectivity index is 0.000000222. The monoisotopic (exact) mass is 1000 g/mol. The molecule has 1 N–H and O–H groups in total. The minimum atomic E-state index is -0.181. The summed E-state index contributed by atoms with van der Waals surface area (Å²) >= 11 is 14.8. The van der Waals surface area contributed by atoms with Crippen molar-refractivity contribution >= 4 is 81.0 Å². The minimum Gasteiger partial charge on any atom is -0.324 e. The van der Waals surface area contributed by atoms with Crippen molar-refractivity contribution in [1.82, 2.24) is 39.2 Å². The van der Waals surface area contributed by atoms with Crippen LogP contribution < -0.4 is 10.2 Å². The summed E-state index contributed by atoms with van der Waals surface area (Å²) in [5.74, 6) is -0.274. The zero-order chi connectivity index (χ0) is 43.7. The standard InChI is InChI=1S/C22H28ClN5O2.C21H26ClN5O2.CH3I.CH4/c1-17(29)25(2)19-13-24-28(15-19)21(30)27-11-8-22(9-12-27)7-10-26(16-22)14-18-5-3-4-6-20(18)23;1-16(28)24-18-12-23-27(14-18)20(29)26-10-7-21(8-11-26)6-9-25(15-21)13-17-4-2-3-5-19(17)22;1-2;/h3-6,13,15H,7-12,14,16H2,1-2H3;2-5,12,14H,6-11,13,15H2,1H3,(H,24,28);1H3;1H4. The van der Waals surface area contributed by atoms with Gasteiger partial charge in [0.15, 0.2) is 0 Å². The van der Waals surface area contributed by atoms with Gasteiger partial charge in [0.05, 0.1) is 36.2 Å². The fraction of sp³-hybridized carbons (Fsp3) is 0.511. The summed E-state index contributed by atoms with van der Waals surface area (Å²) in [5.41, 5.74) is 4.06. The fourth-order valence-electron chi connectivity index (χ4n) is 8.98. The number of amides is 4. The highest BCUT2D eigenvalue weighted by Gasteiger charge is 2.43. The number of rotatable bonds is 6. The maximum absolute atomic E-state index is 12.8. The number of nitrogens with one attached hydrogen (secondary N) is 1. The van der Waals surface area contributed by atoms with Gasteiger partial charge in [0.2, 0.25) is 11.8 Å². The molecule has 0 atom stereocenters. The van der Waals surface area contributed by atoms with Gasteiger partial charge in [-0.1, -0.05) is 89.6 Å². The molecule has 0 unspecified atom stereocenters. The number of carbonyl (C=O) groups is 4. The second-order valence-corrected chi connectivity index (χ2v) is 17.5. The van der Waals surface area contributed by atoms with Crippen molar-refractivity contribution < 1.29 is 19.2 Å². The predicted octanol–water partition coefficient (Wildman–Crippen LogP) is 8.61. The third-order valence-electron chi connectivity index (χ3n) is 12.7. The largest absolute Gasteiger partial charge is 0.344 e. The molecule has 0 aliphatic carbocycles. The molecule has 17 heteroatoms. The molecule has 8 rings (SSSR count). The first-order valence-corrected chi connectivity index (χ1v) is 23.7. The molecule has 4 saturated heterocycles. The van der Waals surface area contributed by atoms with Crippen LogP contribution in [0.2, 0.25) is 10.0 Å². The first-order chi connectivity index (χ1) is 29.3. The lowest BCUT2D eigenvalue weighted by molar-refractivity contribution is -0.116. The summed E-state index contributed by atoms with van der Waals surface area (Å²) in [6.45, 7) is 11.8. The Bertz CT molecular complexity index is 2150. The highest BCUT2D eigenvalue weighted by Crippen LogP contribution is 2.42. The van der Waals surface area contributed by atoms with E-state index in [-0.39, 0.29) is 42.1 Å². The fourth-order valence-corrected chi connectivity index (χ4v) is 9.37. The van der Waals surface area contributed by atoms with Crippen molar-refractivity contribution in [2.75, 3.05) is 74.6 Å². The highest BCUT2D eigenvalue weighted by molar-refractivity contribution is 14.1. The number of benzene rings is 2. The van der Waals surface area contributed by atoms with E-state index in [9.17, 15) is 19.2 Å². The van der Waals surface area contributed by atoms with E-state index in [1.165, 1.54) is 45.4 Å². The molecule has 4 amide bonds. The van der Waals surface area contributed by atoms with Crippen LogP contribution in [0.4, 0.5) is 21.0 Å². The van der Waals surface area contributed by atoms with Crippen molar-refractivity contribution in [3.05, 3.63) is 94.5 Å². The molecule has 4 fully saturated rings. The summed E-state index contributed by atoms with van der Waals surface area (Å²) in [5, 5.41) is 12.5. The van der Waals surface area contributed by atoms with E-state index < -0.39 is 0 Å². The molecule has 0 bridgehead atoms. The van der Waals surface area contributed by atoms with Crippen LogP contribution in [0.3, 0.4) is 0 Å². The average molecular weight is 1000 g/mol. The van der Waals surface area contributed by atoms with Crippen LogP contribution in [-0.4, -0.2) is 127 Å². The van der Waals surface area contributed by atoms with E-state index >= 15 is 0 Å². The average Bonchev–Trinajstić information content (AvgIpc) is 4.09. The van der Waals surface area contributed by atoms with Gasteiger partial charge < -0.3 is 20.0 Å². The molecular formula is C45H61Cl2IN10O4. The minimum absolute atomic E-state index is 0. The third kappa shape index (κ3) is 12.2. The van der Waals surface area contributed by atoms with Gasteiger partial charge in [0.1, 0.15) is 0 Å². The molecular weight excluding hydrogens is 942 g/mol. The Hall–Kier alpha value is -4.03. The Kier molecular flexibility index (Phi) is 17.4. The van der Waals surface area contributed by atoms with Crippen LogP contribution in [-0.2, 0) is 22.7 Å². The Morgan fingerprint density at radius 1 is 0.677 bits per heavy atom. The summed E-state index contributed by atoms with van der Waals surface area (Å²) in [7, 11) is 1.67. The number of hydrogen-bond acceptors (Lipinski definition) is 8. The van der Waals surface area contributed by atoms with E-state index in [4.69, 9.17) is 23.2 Å². The third-order valence-corrected chi connectivity index (χ3v) is 13.4. The first kappa shape index (κ1) is 49.0. The van der Waals surface area contributed by atoms with Crippen LogP contribution >= 0.6 is 45.8 Å². The summed E-state index contributed by atoms with van der Waals surface area (Å²) in [6, 6.07) is 15.8. The SMILES string of the molecule is C.CC(=O)N(C)c1cnn(C(=O)N2CCC3(CCN(Cc4ccccc4Cl)C3)CC2)c1.CC(=O)Nc1cnn(C(=O)N2CCC3(CCN(Cc4ccccc4Cl)C3)CC2)c1.CI. The van der Waals surface area contributed by atoms with E-state index in [2.05, 4.69) is 60.0 Å². The van der Waals surface area contributed by atoms with E-state index in [0.29, 0.717) is 11.4 Å². The topological polar surface area (TPSA) is 132 Å². The number of likely N-dealkylation sites (tertiary alicyclic amines) is 4. The van der Waals surface area contributed by atoms with Crippen molar-refractivity contribution in [2.45, 2.75) is 72.9 Å². The van der Waals surface area contributed by atoms with Crippen LogP contribution in [0.25, 0.3) is 0 Å². The molecule has 4 aromatic rings. The van der Waals surface area contributed by atoms with Crippen LogP contribution in [0.15, 0.2) is 73.3 Å². The van der Waals surface area contributed by atoms with Gasteiger partial charge in [-0.05, 0) is 90.6 Å². The zero-order valence-corrected chi connectivity index (χ0v) is 39.2. The lowest BCUT2D eigenvalue weighted by Gasteiger charge is -2.39. The molecule has 0 radical (unpaired) electrons. The number of alkyl halides is 1. The van der Waals surface area contributed by atoms with Gasteiger partial charge in [-0.3, -0.25) is 19.4 Å². The zero-order valence-electron chi connectivity index (χ0n) is 35.5. The van der Waals surface area contributed by atoms with Gasteiger partial charge in [0, 0.05) is 83.3 Å².